The van der Waals surface area contributed by atoms with Gasteiger partial charge >= 0.3 is 5.97 Å². The number of nitrogens with one attached hydrogen (secondary N) is 1. The Kier molecular flexibility index (Phi) is 5.34. The van der Waals surface area contributed by atoms with Gasteiger partial charge in [-0.15, -0.1) is 0 Å². The summed E-state index contributed by atoms with van der Waals surface area (Å²) >= 11 is 5.79. The Labute approximate surface area is 138 Å². The Hall–Kier alpha value is -2.40. The summed E-state index contributed by atoms with van der Waals surface area (Å²) in [6.45, 7) is 3.32. The Morgan fingerprint density at radius 3 is 2.43 bits per heavy atom. The van der Waals surface area contributed by atoms with Crippen LogP contribution in [-0.2, 0) is 9.53 Å². The Morgan fingerprint density at radius 1 is 1.17 bits per heavy atom. The van der Waals surface area contributed by atoms with Crippen molar-refractivity contribution in [1.82, 2.24) is 0 Å². The molecule has 0 aliphatic heterocycles. The van der Waals surface area contributed by atoms with Crippen LogP contribution in [-0.4, -0.2) is 18.0 Å². The van der Waals surface area contributed by atoms with Crippen LogP contribution in [0.2, 0.25) is 5.02 Å². The van der Waals surface area contributed by atoms with Crippen LogP contribution in [0.15, 0.2) is 42.5 Å². The van der Waals surface area contributed by atoms with E-state index in [-0.39, 0.29) is 10.6 Å². The van der Waals surface area contributed by atoms with Gasteiger partial charge in [-0.25, -0.2) is 9.18 Å². The molecule has 2 rings (SSSR count). The van der Waals surface area contributed by atoms with Gasteiger partial charge in [0, 0.05) is 5.69 Å². The highest BCUT2D eigenvalue weighted by atomic mass is 35.5. The molecule has 2 aromatic rings. The fourth-order valence-corrected chi connectivity index (χ4v) is 2.09. The van der Waals surface area contributed by atoms with Crippen LogP contribution in [0.4, 0.5) is 10.1 Å². The van der Waals surface area contributed by atoms with E-state index < -0.39 is 23.8 Å². The summed E-state index contributed by atoms with van der Waals surface area (Å²) in [6.07, 6.45) is -1.10. The fourth-order valence-electron chi connectivity index (χ4n) is 1.85. The second kappa shape index (κ2) is 7.24. The Bertz CT molecular complexity index is 711. The third-order valence-electron chi connectivity index (χ3n) is 3.14. The molecule has 1 atom stereocenters. The summed E-state index contributed by atoms with van der Waals surface area (Å²) in [4.78, 5) is 24.0. The van der Waals surface area contributed by atoms with E-state index in [2.05, 4.69) is 5.32 Å². The highest BCUT2D eigenvalue weighted by Gasteiger charge is 2.23. The van der Waals surface area contributed by atoms with E-state index in [1.165, 1.54) is 19.1 Å². The highest BCUT2D eigenvalue weighted by molar-refractivity contribution is 6.33. The summed E-state index contributed by atoms with van der Waals surface area (Å²) in [6, 6.07) is 11.0. The molecule has 120 valence electrons. The predicted molar refractivity (Wildman–Crippen MR) is 86.1 cm³/mol. The Balaban J connectivity index is 2.03. The normalized spacial score (nSPS) is 11.7. The largest absolute Gasteiger partial charge is 0.449 e. The van der Waals surface area contributed by atoms with Crippen LogP contribution in [0.5, 0.6) is 0 Å². The number of carbonyl (C=O) groups is 2. The van der Waals surface area contributed by atoms with Gasteiger partial charge in [0.25, 0.3) is 5.91 Å². The first kappa shape index (κ1) is 17.0. The summed E-state index contributed by atoms with van der Waals surface area (Å²) in [5.74, 6) is -2.30. The molecule has 23 heavy (non-hydrogen) atoms. The summed E-state index contributed by atoms with van der Waals surface area (Å²) in [5.41, 5.74) is 1.24. The molecule has 1 N–H and O–H groups in total. The third kappa shape index (κ3) is 4.29. The van der Waals surface area contributed by atoms with E-state index in [9.17, 15) is 14.0 Å². The molecule has 0 aliphatic rings. The van der Waals surface area contributed by atoms with Crippen molar-refractivity contribution < 1.29 is 18.7 Å². The van der Waals surface area contributed by atoms with Crippen molar-refractivity contribution in [3.05, 3.63) is 64.4 Å². The fraction of sp³-hybridized carbons (Fsp3) is 0.176. The molecule has 0 bridgehead atoms. The van der Waals surface area contributed by atoms with Crippen LogP contribution in [0.25, 0.3) is 0 Å². The molecule has 0 heterocycles. The number of esters is 1. The number of ether oxygens (including phenoxy) is 1. The minimum Gasteiger partial charge on any atom is -0.449 e. The van der Waals surface area contributed by atoms with Crippen molar-refractivity contribution >= 4 is 29.2 Å². The van der Waals surface area contributed by atoms with Crippen LogP contribution in [0, 0.1) is 12.7 Å². The number of rotatable bonds is 4. The number of aryl methyl sites for hydroxylation is 1. The maximum Gasteiger partial charge on any atom is 0.343 e. The molecule has 1 amide bonds. The summed E-state index contributed by atoms with van der Waals surface area (Å²) < 4.78 is 18.6. The highest BCUT2D eigenvalue weighted by Crippen LogP contribution is 2.20. The van der Waals surface area contributed by atoms with Gasteiger partial charge in [-0.1, -0.05) is 35.4 Å². The van der Waals surface area contributed by atoms with Crippen LogP contribution < -0.4 is 5.32 Å². The average molecular weight is 336 g/mol. The van der Waals surface area contributed by atoms with Crippen molar-refractivity contribution in [2.75, 3.05) is 5.32 Å². The molecule has 0 aromatic heterocycles. The number of anilines is 1. The zero-order valence-corrected chi connectivity index (χ0v) is 13.4. The summed E-state index contributed by atoms with van der Waals surface area (Å²) in [5, 5.41) is 2.54. The van der Waals surface area contributed by atoms with E-state index in [1.54, 1.807) is 12.1 Å². The van der Waals surface area contributed by atoms with Crippen molar-refractivity contribution in [1.29, 1.82) is 0 Å². The minimum absolute atomic E-state index is 0.0684. The van der Waals surface area contributed by atoms with Crippen molar-refractivity contribution in [2.45, 2.75) is 20.0 Å². The second-order valence-corrected chi connectivity index (χ2v) is 5.41. The number of amides is 1. The van der Waals surface area contributed by atoms with Gasteiger partial charge in [0.05, 0.1) is 5.02 Å². The lowest BCUT2D eigenvalue weighted by Crippen LogP contribution is -2.30. The zero-order valence-electron chi connectivity index (χ0n) is 12.6. The molecule has 6 heteroatoms. The SMILES string of the molecule is Cc1ccc(NC(=O)[C@@H](C)OC(=O)c2c(F)cccc2Cl)cc1. The molecule has 0 unspecified atom stereocenters. The van der Waals surface area contributed by atoms with E-state index in [4.69, 9.17) is 16.3 Å². The van der Waals surface area contributed by atoms with E-state index in [1.807, 2.05) is 19.1 Å². The van der Waals surface area contributed by atoms with Crippen molar-refractivity contribution in [2.24, 2.45) is 0 Å². The van der Waals surface area contributed by atoms with Gasteiger partial charge in [0.1, 0.15) is 11.4 Å². The maximum atomic E-state index is 13.7. The van der Waals surface area contributed by atoms with E-state index in [0.29, 0.717) is 5.69 Å². The molecule has 0 aliphatic carbocycles. The smallest absolute Gasteiger partial charge is 0.343 e. The molecule has 0 fully saturated rings. The Morgan fingerprint density at radius 2 is 1.83 bits per heavy atom. The molecule has 0 saturated heterocycles. The molecule has 0 saturated carbocycles. The van der Waals surface area contributed by atoms with Crippen molar-refractivity contribution in [3.63, 3.8) is 0 Å². The van der Waals surface area contributed by atoms with Crippen molar-refractivity contribution in [3.8, 4) is 0 Å². The van der Waals surface area contributed by atoms with Gasteiger partial charge in [0.2, 0.25) is 0 Å². The third-order valence-corrected chi connectivity index (χ3v) is 3.45. The van der Waals surface area contributed by atoms with Gasteiger partial charge in [0.15, 0.2) is 6.10 Å². The van der Waals surface area contributed by atoms with Crippen LogP contribution in [0.1, 0.15) is 22.8 Å². The van der Waals surface area contributed by atoms with E-state index >= 15 is 0 Å². The summed E-state index contributed by atoms with van der Waals surface area (Å²) in [7, 11) is 0. The standard InChI is InChI=1S/C17H15ClFNO3/c1-10-6-8-12(9-7-10)20-16(21)11(2)23-17(22)15-13(18)4-3-5-14(15)19/h3-9,11H,1-2H3,(H,20,21)/t11-/m1/s1. The minimum atomic E-state index is -1.10. The van der Waals surface area contributed by atoms with Crippen LogP contribution in [0.3, 0.4) is 0 Å². The number of hydrogen-bond acceptors (Lipinski definition) is 3. The average Bonchev–Trinajstić information content (AvgIpc) is 2.49. The quantitative estimate of drug-likeness (QED) is 0.860. The van der Waals surface area contributed by atoms with E-state index in [0.717, 1.165) is 11.6 Å². The zero-order chi connectivity index (χ0) is 17.0. The first-order chi connectivity index (χ1) is 10.9. The number of benzene rings is 2. The second-order valence-electron chi connectivity index (χ2n) is 5.00. The number of carbonyl (C=O) groups excluding carboxylic acids is 2. The molecule has 0 radical (unpaired) electrons. The first-order valence-corrected chi connectivity index (χ1v) is 7.29. The molecular weight excluding hydrogens is 321 g/mol. The number of hydrogen-bond donors (Lipinski definition) is 1. The van der Waals surface area contributed by atoms with Gasteiger partial charge in [-0.2, -0.15) is 0 Å². The lowest BCUT2D eigenvalue weighted by Gasteiger charge is -2.14. The van der Waals surface area contributed by atoms with Gasteiger partial charge < -0.3 is 10.1 Å². The van der Waals surface area contributed by atoms with Gasteiger partial charge in [-0.05, 0) is 38.1 Å². The lowest BCUT2D eigenvalue weighted by molar-refractivity contribution is -0.123. The maximum absolute atomic E-state index is 13.7. The predicted octanol–water partition coefficient (Wildman–Crippen LogP) is 3.97. The molecule has 0 spiro atoms. The number of halogens is 2. The topological polar surface area (TPSA) is 55.4 Å². The van der Waals surface area contributed by atoms with Gasteiger partial charge in [-0.3, -0.25) is 4.79 Å². The van der Waals surface area contributed by atoms with Crippen LogP contribution >= 0.6 is 11.6 Å². The molecule has 2 aromatic carbocycles. The first-order valence-electron chi connectivity index (χ1n) is 6.91. The molecular formula is C17H15ClFNO3. The molecule has 4 nitrogen and oxygen atoms in total. The lowest BCUT2D eigenvalue weighted by atomic mass is 10.2. The monoisotopic (exact) mass is 335 g/mol.